The van der Waals surface area contributed by atoms with E-state index in [0.29, 0.717) is 28.3 Å². The molecule has 4 aliphatic rings. The third-order valence-electron chi connectivity index (χ3n) is 9.74. The molecule has 2 bridgehead atoms. The second-order valence-corrected chi connectivity index (χ2v) is 13.2. The van der Waals surface area contributed by atoms with Gasteiger partial charge in [0, 0.05) is 23.6 Å². The molecule has 1 amide bonds. The number of likely N-dealkylation sites (tertiary alicyclic amines) is 1. The number of aromatic hydroxyl groups is 1. The quantitative estimate of drug-likeness (QED) is 0.459. The number of piperidine rings is 1. The Morgan fingerprint density at radius 1 is 1.20 bits per heavy atom. The number of nitrogens with zero attached hydrogens (tertiary/aromatic N) is 2. The monoisotopic (exact) mass is 586 g/mol. The molecule has 2 aromatic rings. The molecule has 1 saturated carbocycles. The van der Waals surface area contributed by atoms with Gasteiger partial charge in [-0.05, 0) is 80.4 Å². The van der Waals surface area contributed by atoms with Crippen LogP contribution in [0.3, 0.4) is 0 Å². The molecule has 2 unspecified atom stereocenters. The second-order valence-electron chi connectivity index (χ2n) is 12.4. The van der Waals surface area contributed by atoms with Crippen molar-refractivity contribution in [1.29, 1.82) is 0 Å². The minimum absolute atomic E-state index is 0.00683. The zero-order chi connectivity index (χ0) is 28.5. The van der Waals surface area contributed by atoms with Gasteiger partial charge in [0.05, 0.1) is 28.1 Å². The van der Waals surface area contributed by atoms with Crippen LogP contribution in [0, 0.1) is 11.8 Å². The van der Waals surface area contributed by atoms with E-state index in [2.05, 4.69) is 25.8 Å². The third-order valence-corrected chi connectivity index (χ3v) is 10.5. The molecular formula is C31H36Cl2N2O5. The molecule has 2 aromatic carbocycles. The van der Waals surface area contributed by atoms with Crippen molar-refractivity contribution in [3.05, 3.63) is 56.6 Å². The van der Waals surface area contributed by atoms with Gasteiger partial charge in [0.1, 0.15) is 12.7 Å². The summed E-state index contributed by atoms with van der Waals surface area (Å²) < 4.78 is 6.76. The summed E-state index contributed by atoms with van der Waals surface area (Å²) in [4.78, 5) is 31.0. The van der Waals surface area contributed by atoms with E-state index in [-0.39, 0.29) is 53.2 Å². The summed E-state index contributed by atoms with van der Waals surface area (Å²) in [6, 6.07) is 7.17. The van der Waals surface area contributed by atoms with Gasteiger partial charge in [-0.3, -0.25) is 9.59 Å². The van der Waals surface area contributed by atoms with E-state index in [1.807, 2.05) is 11.0 Å². The molecule has 9 heteroatoms. The van der Waals surface area contributed by atoms with E-state index < -0.39 is 12.4 Å². The van der Waals surface area contributed by atoms with E-state index in [9.17, 15) is 19.8 Å². The number of aliphatic hydroxyl groups is 1. The maximum Gasteiger partial charge on any atom is 0.227 e. The fourth-order valence-electron chi connectivity index (χ4n) is 8.14. The number of halogens is 2. The number of phenolic OH excluding ortho intramolecular Hbond substituents is 1. The van der Waals surface area contributed by atoms with Crippen molar-refractivity contribution in [2.24, 2.45) is 11.8 Å². The van der Waals surface area contributed by atoms with Crippen molar-refractivity contribution in [3.63, 3.8) is 0 Å². The molecule has 2 N–H and O–H groups in total. The summed E-state index contributed by atoms with van der Waals surface area (Å²) in [6.45, 7) is 5.01. The van der Waals surface area contributed by atoms with Gasteiger partial charge in [-0.15, -0.1) is 0 Å². The lowest BCUT2D eigenvalue weighted by Gasteiger charge is -2.60. The van der Waals surface area contributed by atoms with Crippen LogP contribution >= 0.6 is 23.2 Å². The predicted octanol–water partition coefficient (Wildman–Crippen LogP) is 4.64. The van der Waals surface area contributed by atoms with Gasteiger partial charge in [0.2, 0.25) is 5.91 Å². The zero-order valence-electron chi connectivity index (χ0n) is 23.1. The van der Waals surface area contributed by atoms with Crippen LogP contribution in [0.15, 0.2) is 24.3 Å². The first-order chi connectivity index (χ1) is 19.1. The number of carbonyl (C=O) groups is 2. The number of hydrogen-bond acceptors (Lipinski definition) is 6. The van der Waals surface area contributed by atoms with Crippen LogP contribution < -0.4 is 4.74 Å². The molecule has 7 nitrogen and oxygen atoms in total. The third kappa shape index (κ3) is 4.15. The summed E-state index contributed by atoms with van der Waals surface area (Å²) in [5.74, 6) is 0.238. The molecule has 5 atom stereocenters. The van der Waals surface area contributed by atoms with Gasteiger partial charge in [-0.1, -0.05) is 43.1 Å². The molecule has 2 fully saturated rings. The van der Waals surface area contributed by atoms with E-state index >= 15 is 0 Å². The topological polar surface area (TPSA) is 90.3 Å². The molecular weight excluding hydrogens is 551 g/mol. The Labute approximate surface area is 245 Å². The van der Waals surface area contributed by atoms with E-state index in [1.54, 1.807) is 18.2 Å². The number of aliphatic hydroxyl groups excluding tert-OH is 1. The van der Waals surface area contributed by atoms with Crippen LogP contribution in [0.1, 0.15) is 60.2 Å². The normalized spacial score (nSPS) is 28.3. The van der Waals surface area contributed by atoms with Crippen molar-refractivity contribution >= 4 is 34.9 Å². The summed E-state index contributed by atoms with van der Waals surface area (Å²) >= 11 is 12.4. The zero-order valence-corrected chi connectivity index (χ0v) is 24.6. The van der Waals surface area contributed by atoms with Gasteiger partial charge in [-0.25, -0.2) is 0 Å². The SMILES string of the molecule is CC(C)CN(C(=O)Cc1ccc(Cl)c(Cl)c1)C1CC[C@H]2[C@H]3Cc4cc(C(=O)CO)c(O)c5c4[C@@]2(CCN3C)C1O5. The lowest BCUT2D eigenvalue weighted by molar-refractivity contribution is -0.142. The Bertz CT molecular complexity index is 1380. The number of carbonyl (C=O) groups excluding carboxylic acids is 2. The average molecular weight is 588 g/mol. The van der Waals surface area contributed by atoms with Crippen molar-refractivity contribution in [3.8, 4) is 11.5 Å². The smallest absolute Gasteiger partial charge is 0.227 e. The Morgan fingerprint density at radius 3 is 2.67 bits per heavy atom. The van der Waals surface area contributed by atoms with E-state index in [1.165, 1.54) is 0 Å². The van der Waals surface area contributed by atoms with Crippen LogP contribution in [-0.4, -0.2) is 76.6 Å². The maximum atomic E-state index is 14.0. The number of likely N-dealkylation sites (N-methyl/N-ethyl adjacent to an activating group) is 1. The minimum atomic E-state index is -0.680. The Hall–Kier alpha value is -2.32. The lowest BCUT2D eigenvalue weighted by atomic mass is 9.51. The van der Waals surface area contributed by atoms with Gasteiger partial charge < -0.3 is 24.7 Å². The molecule has 2 aliphatic heterocycles. The van der Waals surface area contributed by atoms with E-state index in [4.69, 9.17) is 27.9 Å². The Morgan fingerprint density at radius 2 is 1.98 bits per heavy atom. The first-order valence-electron chi connectivity index (χ1n) is 14.2. The van der Waals surface area contributed by atoms with Gasteiger partial charge in [0.15, 0.2) is 17.3 Å². The molecule has 1 saturated heterocycles. The van der Waals surface area contributed by atoms with Gasteiger partial charge in [-0.2, -0.15) is 0 Å². The number of benzene rings is 2. The van der Waals surface area contributed by atoms with Crippen LogP contribution in [0.5, 0.6) is 11.5 Å². The fourth-order valence-corrected chi connectivity index (χ4v) is 8.46. The molecule has 214 valence electrons. The highest BCUT2D eigenvalue weighted by Gasteiger charge is 2.66. The highest BCUT2D eigenvalue weighted by Crippen LogP contribution is 2.64. The first kappa shape index (κ1) is 27.8. The van der Waals surface area contributed by atoms with Crippen molar-refractivity contribution in [2.45, 2.75) is 69.6 Å². The second kappa shape index (κ2) is 10.2. The summed E-state index contributed by atoms with van der Waals surface area (Å²) in [5.41, 5.74) is 2.60. The van der Waals surface area contributed by atoms with Gasteiger partial charge >= 0.3 is 0 Å². The minimum Gasteiger partial charge on any atom is -0.504 e. The molecule has 0 radical (unpaired) electrons. The molecule has 1 spiro atoms. The van der Waals surface area contributed by atoms with Crippen molar-refractivity contribution in [2.75, 3.05) is 26.7 Å². The molecule has 0 aromatic heterocycles. The number of amides is 1. The summed E-state index contributed by atoms with van der Waals surface area (Å²) in [7, 11) is 2.16. The fraction of sp³-hybridized carbons (Fsp3) is 0.548. The standard InChI is InChI=1S/C31H36Cl2N2O5/c1-16(2)14-35(26(38)11-17-4-6-21(32)22(33)10-17)23-7-5-20-24-13-18-12-19(25(37)15-36)28(39)29-27(18)31(20,30(23)40-29)8-9-34(24)3/h4,6,10,12,16,20,23-24,30,36,39H,5,7-9,11,13-15H2,1-3H3/t20-,23?,24+,30?,31-/m0/s1. The average Bonchev–Trinajstić information content (AvgIpc) is 3.27. The number of ketones is 1. The number of Topliss-reactive ketones (excluding diaryl/α,β-unsaturated/α-hetero) is 1. The largest absolute Gasteiger partial charge is 0.504 e. The van der Waals surface area contributed by atoms with Gasteiger partial charge in [0.25, 0.3) is 0 Å². The van der Waals surface area contributed by atoms with E-state index in [0.717, 1.165) is 48.9 Å². The number of hydrogen-bond donors (Lipinski definition) is 2. The Balaban J connectivity index is 1.43. The number of ether oxygens (including phenoxy) is 1. The molecule has 6 rings (SSSR count). The predicted molar refractivity (Wildman–Crippen MR) is 154 cm³/mol. The Kier molecular flexibility index (Phi) is 7.09. The molecule has 2 heterocycles. The lowest BCUT2D eigenvalue weighted by Crippen LogP contribution is -2.69. The summed E-state index contributed by atoms with van der Waals surface area (Å²) in [6.07, 6.45) is 3.24. The van der Waals surface area contributed by atoms with Crippen LogP contribution in [0.4, 0.5) is 0 Å². The first-order valence-corrected chi connectivity index (χ1v) is 15.0. The molecule has 2 aliphatic carbocycles. The van der Waals surface area contributed by atoms with Crippen LogP contribution in [0.25, 0.3) is 0 Å². The highest BCUT2D eigenvalue weighted by atomic mass is 35.5. The van der Waals surface area contributed by atoms with Crippen molar-refractivity contribution < 1.29 is 24.5 Å². The highest BCUT2D eigenvalue weighted by molar-refractivity contribution is 6.42. The number of rotatable bonds is 7. The van der Waals surface area contributed by atoms with Crippen LogP contribution in [0.2, 0.25) is 10.0 Å². The van der Waals surface area contributed by atoms with Crippen LogP contribution in [-0.2, 0) is 23.1 Å². The number of phenols is 1. The van der Waals surface area contributed by atoms with Crippen molar-refractivity contribution in [1.82, 2.24) is 9.80 Å². The molecule has 40 heavy (non-hydrogen) atoms. The summed E-state index contributed by atoms with van der Waals surface area (Å²) in [5, 5.41) is 21.8. The maximum absolute atomic E-state index is 14.0.